The Labute approximate surface area is 73.9 Å². The van der Waals surface area contributed by atoms with Gasteiger partial charge in [-0.05, 0) is 11.8 Å². The summed E-state index contributed by atoms with van der Waals surface area (Å²) in [6, 6.07) is 0. The summed E-state index contributed by atoms with van der Waals surface area (Å²) in [7, 11) is 0. The summed E-state index contributed by atoms with van der Waals surface area (Å²) in [5, 5.41) is 0. The third-order valence-electron chi connectivity index (χ3n) is 2.70. The smallest absolute Gasteiger partial charge is 0.223 e. The van der Waals surface area contributed by atoms with Crippen molar-refractivity contribution in [3.05, 3.63) is 0 Å². The van der Waals surface area contributed by atoms with E-state index in [1.54, 1.807) is 0 Å². The van der Waals surface area contributed by atoms with Crippen molar-refractivity contribution < 1.29 is 4.79 Å². The number of nitrogens with two attached hydrogens (primary N) is 1. The SMILES string of the molecule is CC1CN(C(=O)CCN)CC1C. The number of amides is 1. The lowest BCUT2D eigenvalue weighted by Crippen LogP contribution is -2.30. The molecule has 3 heteroatoms. The Bertz CT molecular complexity index is 160. The van der Waals surface area contributed by atoms with Gasteiger partial charge in [-0.1, -0.05) is 13.8 Å². The molecule has 0 aromatic carbocycles. The molecule has 1 amide bonds. The van der Waals surface area contributed by atoms with Crippen molar-refractivity contribution in [3.8, 4) is 0 Å². The van der Waals surface area contributed by atoms with Crippen LogP contribution in [0.15, 0.2) is 0 Å². The van der Waals surface area contributed by atoms with E-state index in [1.165, 1.54) is 0 Å². The van der Waals surface area contributed by atoms with E-state index < -0.39 is 0 Å². The van der Waals surface area contributed by atoms with Crippen molar-refractivity contribution in [2.45, 2.75) is 20.3 Å². The third kappa shape index (κ3) is 1.97. The normalized spacial score (nSPS) is 29.4. The Balaban J connectivity index is 2.40. The van der Waals surface area contributed by atoms with E-state index in [0.29, 0.717) is 24.8 Å². The summed E-state index contributed by atoms with van der Waals surface area (Å²) >= 11 is 0. The molecule has 1 aliphatic heterocycles. The monoisotopic (exact) mass is 170 g/mol. The van der Waals surface area contributed by atoms with Gasteiger partial charge in [0.1, 0.15) is 0 Å². The molecular formula is C9H18N2O. The van der Waals surface area contributed by atoms with E-state index >= 15 is 0 Å². The molecule has 70 valence electrons. The van der Waals surface area contributed by atoms with E-state index in [-0.39, 0.29) is 5.91 Å². The maximum Gasteiger partial charge on any atom is 0.223 e. The summed E-state index contributed by atoms with van der Waals surface area (Å²) in [6.45, 7) is 6.69. The van der Waals surface area contributed by atoms with Gasteiger partial charge in [0.2, 0.25) is 5.91 Å². The van der Waals surface area contributed by atoms with Gasteiger partial charge in [0, 0.05) is 26.1 Å². The molecule has 1 rings (SSSR count). The standard InChI is InChI=1S/C9H18N2O/c1-7-5-11(6-8(7)2)9(12)3-4-10/h7-8H,3-6,10H2,1-2H3. The van der Waals surface area contributed by atoms with E-state index in [9.17, 15) is 4.79 Å². The summed E-state index contributed by atoms with van der Waals surface area (Å²) in [4.78, 5) is 13.3. The summed E-state index contributed by atoms with van der Waals surface area (Å²) in [6.07, 6.45) is 0.499. The molecule has 0 aliphatic carbocycles. The zero-order valence-electron chi connectivity index (χ0n) is 7.92. The Morgan fingerprint density at radius 2 is 1.92 bits per heavy atom. The molecular weight excluding hydrogens is 152 g/mol. The van der Waals surface area contributed by atoms with Gasteiger partial charge < -0.3 is 10.6 Å². The van der Waals surface area contributed by atoms with Crippen LogP contribution in [-0.2, 0) is 4.79 Å². The molecule has 0 spiro atoms. The van der Waals surface area contributed by atoms with Crippen LogP contribution in [0.3, 0.4) is 0 Å². The number of carbonyl (C=O) groups excluding carboxylic acids is 1. The average Bonchev–Trinajstić information content (AvgIpc) is 2.33. The molecule has 2 atom stereocenters. The second-order valence-electron chi connectivity index (χ2n) is 3.79. The molecule has 0 saturated carbocycles. The lowest BCUT2D eigenvalue weighted by molar-refractivity contribution is -0.130. The van der Waals surface area contributed by atoms with Crippen LogP contribution < -0.4 is 5.73 Å². The van der Waals surface area contributed by atoms with Crippen LogP contribution >= 0.6 is 0 Å². The van der Waals surface area contributed by atoms with Crippen LogP contribution in [0.1, 0.15) is 20.3 Å². The summed E-state index contributed by atoms with van der Waals surface area (Å²) < 4.78 is 0. The van der Waals surface area contributed by atoms with Gasteiger partial charge in [-0.25, -0.2) is 0 Å². The fourth-order valence-electron chi connectivity index (χ4n) is 1.61. The zero-order valence-corrected chi connectivity index (χ0v) is 7.92. The highest BCUT2D eigenvalue weighted by Gasteiger charge is 2.28. The maximum absolute atomic E-state index is 11.4. The predicted octanol–water partition coefficient (Wildman–Crippen LogP) is 0.450. The predicted molar refractivity (Wildman–Crippen MR) is 48.6 cm³/mol. The van der Waals surface area contributed by atoms with Crippen LogP contribution in [0.2, 0.25) is 0 Å². The molecule has 0 aromatic rings. The lowest BCUT2D eigenvalue weighted by Gasteiger charge is -2.14. The maximum atomic E-state index is 11.4. The molecule has 1 fully saturated rings. The minimum absolute atomic E-state index is 0.216. The van der Waals surface area contributed by atoms with E-state index in [0.717, 1.165) is 13.1 Å². The highest BCUT2D eigenvalue weighted by molar-refractivity contribution is 5.76. The summed E-state index contributed by atoms with van der Waals surface area (Å²) in [5.41, 5.74) is 5.32. The Hall–Kier alpha value is -0.570. The number of carbonyl (C=O) groups is 1. The van der Waals surface area contributed by atoms with Gasteiger partial charge in [-0.2, -0.15) is 0 Å². The summed E-state index contributed by atoms with van der Waals surface area (Å²) in [5.74, 6) is 1.51. The Kier molecular flexibility index (Phi) is 3.09. The van der Waals surface area contributed by atoms with Crippen LogP contribution in [-0.4, -0.2) is 30.4 Å². The second kappa shape index (κ2) is 3.90. The number of rotatable bonds is 2. The third-order valence-corrected chi connectivity index (χ3v) is 2.70. The number of hydrogen-bond acceptors (Lipinski definition) is 2. The largest absolute Gasteiger partial charge is 0.342 e. The van der Waals surface area contributed by atoms with Crippen molar-refractivity contribution in [3.63, 3.8) is 0 Å². The Morgan fingerprint density at radius 1 is 1.42 bits per heavy atom. The first kappa shape index (κ1) is 9.52. The van der Waals surface area contributed by atoms with Crippen LogP contribution in [0.25, 0.3) is 0 Å². The van der Waals surface area contributed by atoms with Crippen LogP contribution in [0.5, 0.6) is 0 Å². The fraction of sp³-hybridized carbons (Fsp3) is 0.889. The number of likely N-dealkylation sites (tertiary alicyclic amines) is 1. The van der Waals surface area contributed by atoms with Crippen molar-refractivity contribution in [2.24, 2.45) is 17.6 Å². The quantitative estimate of drug-likeness (QED) is 0.654. The molecule has 1 saturated heterocycles. The van der Waals surface area contributed by atoms with Crippen molar-refractivity contribution in [1.82, 2.24) is 4.90 Å². The fourth-order valence-corrected chi connectivity index (χ4v) is 1.61. The minimum atomic E-state index is 0.216. The van der Waals surface area contributed by atoms with Crippen LogP contribution in [0.4, 0.5) is 0 Å². The van der Waals surface area contributed by atoms with E-state index in [2.05, 4.69) is 13.8 Å². The number of hydrogen-bond donors (Lipinski definition) is 1. The highest BCUT2D eigenvalue weighted by Crippen LogP contribution is 2.22. The first-order valence-corrected chi connectivity index (χ1v) is 4.63. The van der Waals surface area contributed by atoms with Crippen molar-refractivity contribution in [2.75, 3.05) is 19.6 Å². The zero-order chi connectivity index (χ0) is 9.14. The molecule has 0 aromatic heterocycles. The first-order valence-electron chi connectivity index (χ1n) is 4.63. The molecule has 1 aliphatic rings. The van der Waals surface area contributed by atoms with Gasteiger partial charge in [0.05, 0.1) is 0 Å². The molecule has 1 heterocycles. The lowest BCUT2D eigenvalue weighted by atomic mass is 10.0. The van der Waals surface area contributed by atoms with Gasteiger partial charge in [0.15, 0.2) is 0 Å². The Morgan fingerprint density at radius 3 is 2.33 bits per heavy atom. The van der Waals surface area contributed by atoms with Crippen molar-refractivity contribution >= 4 is 5.91 Å². The minimum Gasteiger partial charge on any atom is -0.342 e. The van der Waals surface area contributed by atoms with Crippen molar-refractivity contribution in [1.29, 1.82) is 0 Å². The molecule has 12 heavy (non-hydrogen) atoms. The van der Waals surface area contributed by atoms with E-state index in [1.807, 2.05) is 4.90 Å². The molecule has 2 unspecified atom stereocenters. The van der Waals surface area contributed by atoms with Gasteiger partial charge in [-0.15, -0.1) is 0 Å². The first-order chi connectivity index (χ1) is 5.65. The van der Waals surface area contributed by atoms with Gasteiger partial charge in [-0.3, -0.25) is 4.79 Å². The number of nitrogens with zero attached hydrogens (tertiary/aromatic N) is 1. The van der Waals surface area contributed by atoms with Crippen LogP contribution in [0, 0.1) is 11.8 Å². The van der Waals surface area contributed by atoms with E-state index in [4.69, 9.17) is 5.73 Å². The van der Waals surface area contributed by atoms with Gasteiger partial charge in [0.25, 0.3) is 0 Å². The molecule has 2 N–H and O–H groups in total. The second-order valence-corrected chi connectivity index (χ2v) is 3.79. The topological polar surface area (TPSA) is 46.3 Å². The molecule has 0 bridgehead atoms. The molecule has 3 nitrogen and oxygen atoms in total. The average molecular weight is 170 g/mol. The highest BCUT2D eigenvalue weighted by atomic mass is 16.2. The van der Waals surface area contributed by atoms with Gasteiger partial charge >= 0.3 is 0 Å². The molecule has 0 radical (unpaired) electrons.